The van der Waals surface area contributed by atoms with Gasteiger partial charge in [-0.25, -0.2) is 0 Å². The van der Waals surface area contributed by atoms with E-state index in [9.17, 15) is 26.3 Å². The fourth-order valence-electron chi connectivity index (χ4n) is 0.907. The van der Waals surface area contributed by atoms with E-state index < -0.39 is 31.5 Å². The SMILES string of the molecule is CCN(CC(O)C(F)(F)F)CC(F)(F)F. The van der Waals surface area contributed by atoms with Crippen LogP contribution in [0.15, 0.2) is 0 Å². The Hall–Kier alpha value is -0.500. The number of halogens is 6. The molecule has 0 heterocycles. The molecule has 0 bridgehead atoms. The van der Waals surface area contributed by atoms with Crippen molar-refractivity contribution in [2.24, 2.45) is 0 Å². The smallest absolute Gasteiger partial charge is 0.382 e. The quantitative estimate of drug-likeness (QED) is 0.756. The number of alkyl halides is 6. The molecule has 0 spiro atoms. The fraction of sp³-hybridized carbons (Fsp3) is 1.00. The number of hydrogen-bond donors (Lipinski definition) is 1. The molecular formula is C7H11F6NO. The van der Waals surface area contributed by atoms with Gasteiger partial charge in [0, 0.05) is 6.54 Å². The molecule has 1 unspecified atom stereocenters. The van der Waals surface area contributed by atoms with Crippen LogP contribution in [0.2, 0.25) is 0 Å². The lowest BCUT2D eigenvalue weighted by Gasteiger charge is -2.25. The van der Waals surface area contributed by atoms with Crippen LogP contribution in [0.5, 0.6) is 0 Å². The van der Waals surface area contributed by atoms with Crippen LogP contribution >= 0.6 is 0 Å². The Morgan fingerprint density at radius 1 is 1.13 bits per heavy atom. The number of rotatable bonds is 4. The summed E-state index contributed by atoms with van der Waals surface area (Å²) in [5.41, 5.74) is 0. The van der Waals surface area contributed by atoms with E-state index in [1.54, 1.807) is 0 Å². The Bertz CT molecular complexity index is 189. The Balaban J connectivity index is 4.23. The van der Waals surface area contributed by atoms with Gasteiger partial charge in [-0.15, -0.1) is 0 Å². The predicted octanol–water partition coefficient (Wildman–Crippen LogP) is 1.79. The molecule has 0 radical (unpaired) electrons. The summed E-state index contributed by atoms with van der Waals surface area (Å²) in [7, 11) is 0. The van der Waals surface area contributed by atoms with Gasteiger partial charge in [0.25, 0.3) is 0 Å². The van der Waals surface area contributed by atoms with Crippen molar-refractivity contribution in [3.05, 3.63) is 0 Å². The zero-order chi connectivity index (χ0) is 12.3. The van der Waals surface area contributed by atoms with Gasteiger partial charge in [-0.3, -0.25) is 4.90 Å². The van der Waals surface area contributed by atoms with Gasteiger partial charge in [0.15, 0.2) is 6.10 Å². The fourth-order valence-corrected chi connectivity index (χ4v) is 0.907. The van der Waals surface area contributed by atoms with Crippen LogP contribution in [0.3, 0.4) is 0 Å². The van der Waals surface area contributed by atoms with Gasteiger partial charge in [-0.2, -0.15) is 26.3 Å². The topological polar surface area (TPSA) is 23.5 Å². The van der Waals surface area contributed by atoms with Gasteiger partial charge in [0.05, 0.1) is 6.54 Å². The van der Waals surface area contributed by atoms with E-state index in [1.165, 1.54) is 6.92 Å². The van der Waals surface area contributed by atoms with Crippen LogP contribution < -0.4 is 0 Å². The molecule has 0 aliphatic carbocycles. The molecule has 15 heavy (non-hydrogen) atoms. The summed E-state index contributed by atoms with van der Waals surface area (Å²) in [4.78, 5) is 0.484. The molecule has 0 rings (SSSR count). The lowest BCUT2D eigenvalue weighted by molar-refractivity contribution is -0.214. The third-order valence-corrected chi connectivity index (χ3v) is 1.66. The van der Waals surface area contributed by atoms with Gasteiger partial charge in [0.1, 0.15) is 0 Å². The van der Waals surface area contributed by atoms with Crippen molar-refractivity contribution < 1.29 is 31.4 Å². The first-order valence-electron chi connectivity index (χ1n) is 4.10. The summed E-state index contributed by atoms with van der Waals surface area (Å²) < 4.78 is 71.0. The molecule has 0 aromatic carbocycles. The Morgan fingerprint density at radius 2 is 1.60 bits per heavy atom. The van der Waals surface area contributed by atoms with E-state index in [0.717, 1.165) is 0 Å². The molecule has 92 valence electrons. The molecule has 0 fully saturated rings. The van der Waals surface area contributed by atoms with E-state index in [-0.39, 0.29) is 6.54 Å². The number of likely N-dealkylation sites (N-methyl/N-ethyl adjacent to an activating group) is 1. The van der Waals surface area contributed by atoms with Crippen LogP contribution in [0, 0.1) is 0 Å². The van der Waals surface area contributed by atoms with E-state index in [0.29, 0.717) is 4.90 Å². The first kappa shape index (κ1) is 14.5. The van der Waals surface area contributed by atoms with Crippen molar-refractivity contribution in [3.8, 4) is 0 Å². The minimum Gasteiger partial charge on any atom is -0.382 e. The maximum absolute atomic E-state index is 11.8. The summed E-state index contributed by atoms with van der Waals surface area (Å²) in [6, 6.07) is 0. The van der Waals surface area contributed by atoms with Crippen molar-refractivity contribution in [2.45, 2.75) is 25.4 Å². The highest BCUT2D eigenvalue weighted by Crippen LogP contribution is 2.22. The highest BCUT2D eigenvalue weighted by molar-refractivity contribution is 4.72. The Labute approximate surface area is 82.5 Å². The maximum Gasteiger partial charge on any atom is 0.415 e. The molecule has 0 saturated carbocycles. The van der Waals surface area contributed by atoms with Gasteiger partial charge in [0.2, 0.25) is 0 Å². The number of aliphatic hydroxyl groups excluding tert-OH is 1. The van der Waals surface area contributed by atoms with Crippen LogP contribution in [0.4, 0.5) is 26.3 Å². The second-order valence-corrected chi connectivity index (χ2v) is 3.00. The second-order valence-electron chi connectivity index (χ2n) is 3.00. The third kappa shape index (κ3) is 6.56. The van der Waals surface area contributed by atoms with Crippen LogP contribution in [0.25, 0.3) is 0 Å². The zero-order valence-electron chi connectivity index (χ0n) is 7.86. The number of nitrogens with zero attached hydrogens (tertiary/aromatic N) is 1. The molecule has 2 nitrogen and oxygen atoms in total. The predicted molar refractivity (Wildman–Crippen MR) is 40.2 cm³/mol. The average Bonchev–Trinajstić information content (AvgIpc) is 1.98. The summed E-state index contributed by atoms with van der Waals surface area (Å²) in [5, 5.41) is 8.55. The second kappa shape index (κ2) is 5.02. The van der Waals surface area contributed by atoms with E-state index in [2.05, 4.69) is 0 Å². The summed E-state index contributed by atoms with van der Waals surface area (Å²) in [5.74, 6) is 0. The lowest BCUT2D eigenvalue weighted by atomic mass is 10.3. The van der Waals surface area contributed by atoms with Crippen LogP contribution in [-0.4, -0.2) is 48.1 Å². The van der Waals surface area contributed by atoms with E-state index in [4.69, 9.17) is 5.11 Å². The molecule has 0 aromatic heterocycles. The van der Waals surface area contributed by atoms with Gasteiger partial charge in [-0.05, 0) is 6.54 Å². The highest BCUT2D eigenvalue weighted by atomic mass is 19.4. The van der Waals surface area contributed by atoms with E-state index >= 15 is 0 Å². The minimum atomic E-state index is -4.89. The first-order valence-corrected chi connectivity index (χ1v) is 4.10. The first-order chi connectivity index (χ1) is 6.56. The number of aliphatic hydroxyl groups is 1. The molecule has 0 aliphatic rings. The molecule has 0 amide bonds. The molecule has 0 saturated heterocycles. The average molecular weight is 239 g/mol. The normalized spacial score (nSPS) is 15.8. The maximum atomic E-state index is 11.8. The monoisotopic (exact) mass is 239 g/mol. The molecule has 0 aromatic rings. The van der Waals surface area contributed by atoms with Gasteiger partial charge >= 0.3 is 12.4 Å². The summed E-state index contributed by atoms with van der Waals surface area (Å²) >= 11 is 0. The van der Waals surface area contributed by atoms with Crippen molar-refractivity contribution in [1.29, 1.82) is 0 Å². The summed E-state index contributed by atoms with van der Waals surface area (Å²) in [6.07, 6.45) is -12.2. The Kier molecular flexibility index (Phi) is 4.85. The third-order valence-electron chi connectivity index (χ3n) is 1.66. The molecule has 1 atom stereocenters. The number of hydrogen-bond acceptors (Lipinski definition) is 2. The Morgan fingerprint density at radius 3 is 1.87 bits per heavy atom. The minimum absolute atomic E-state index is 0.216. The van der Waals surface area contributed by atoms with E-state index in [1.807, 2.05) is 0 Å². The summed E-state index contributed by atoms with van der Waals surface area (Å²) in [6.45, 7) is -1.46. The van der Waals surface area contributed by atoms with Crippen molar-refractivity contribution in [3.63, 3.8) is 0 Å². The molecule has 0 aliphatic heterocycles. The zero-order valence-corrected chi connectivity index (χ0v) is 7.86. The molecule has 1 N–H and O–H groups in total. The highest BCUT2D eigenvalue weighted by Gasteiger charge is 2.40. The largest absolute Gasteiger partial charge is 0.415 e. The van der Waals surface area contributed by atoms with Crippen LogP contribution in [-0.2, 0) is 0 Å². The van der Waals surface area contributed by atoms with Crippen molar-refractivity contribution in [1.82, 2.24) is 4.90 Å². The standard InChI is InChI=1S/C7H11F6NO/c1-2-14(4-6(8,9)10)3-5(15)7(11,12)13/h5,15H,2-4H2,1H3. The van der Waals surface area contributed by atoms with Crippen molar-refractivity contribution in [2.75, 3.05) is 19.6 Å². The lowest BCUT2D eigenvalue weighted by Crippen LogP contribution is -2.44. The van der Waals surface area contributed by atoms with Crippen molar-refractivity contribution >= 4 is 0 Å². The van der Waals surface area contributed by atoms with Crippen LogP contribution in [0.1, 0.15) is 6.92 Å². The van der Waals surface area contributed by atoms with Gasteiger partial charge in [-0.1, -0.05) is 6.92 Å². The van der Waals surface area contributed by atoms with Gasteiger partial charge < -0.3 is 5.11 Å². The molecule has 8 heteroatoms. The molecular weight excluding hydrogens is 228 g/mol.